The molecule has 2 aromatic heterocycles. The van der Waals surface area contributed by atoms with E-state index in [9.17, 15) is 9.59 Å². The lowest BCUT2D eigenvalue weighted by Gasteiger charge is -2.00. The number of aryl methyl sites for hydroxylation is 1. The molecule has 1 amide bonds. The van der Waals surface area contributed by atoms with Crippen LogP contribution in [0.3, 0.4) is 0 Å². The summed E-state index contributed by atoms with van der Waals surface area (Å²) in [5, 5.41) is 10.2. The molecule has 0 bridgehead atoms. The Kier molecular flexibility index (Phi) is 4.99. The van der Waals surface area contributed by atoms with Gasteiger partial charge < -0.3 is 4.42 Å². The van der Waals surface area contributed by atoms with Gasteiger partial charge in [-0.3, -0.25) is 14.9 Å². The van der Waals surface area contributed by atoms with Gasteiger partial charge in [-0.2, -0.15) is 4.98 Å². The number of aromatic nitrogens is 3. The first kappa shape index (κ1) is 17.0. The van der Waals surface area contributed by atoms with E-state index >= 15 is 0 Å². The van der Waals surface area contributed by atoms with Crippen LogP contribution < -0.4 is 10.7 Å². The van der Waals surface area contributed by atoms with Gasteiger partial charge in [0.1, 0.15) is 11.8 Å². The first-order valence-corrected chi connectivity index (χ1v) is 8.62. The lowest BCUT2D eigenvalue weighted by atomic mass is 10.1. The van der Waals surface area contributed by atoms with E-state index in [0.717, 1.165) is 11.3 Å². The second-order valence-electron chi connectivity index (χ2n) is 5.24. The number of fused-ring (bicyclic) bond motifs is 1. The maximum Gasteiger partial charge on any atom is 0.250 e. The molecule has 0 saturated carbocycles. The minimum absolute atomic E-state index is 0.185. The molecule has 8 heteroatoms. The van der Waals surface area contributed by atoms with Crippen LogP contribution in [0.5, 0.6) is 0 Å². The molecule has 128 valence electrons. The minimum atomic E-state index is -0.423. The van der Waals surface area contributed by atoms with Crippen molar-refractivity contribution in [2.75, 3.05) is 11.1 Å². The molecule has 1 aromatic carbocycles. The summed E-state index contributed by atoms with van der Waals surface area (Å²) in [6.45, 7) is 3.88. The first-order valence-electron chi connectivity index (χ1n) is 7.63. The number of hydrogen-bond donors (Lipinski definition) is 2. The van der Waals surface area contributed by atoms with E-state index in [4.69, 9.17) is 4.42 Å². The summed E-state index contributed by atoms with van der Waals surface area (Å²) >= 11 is 1.46. The molecule has 25 heavy (non-hydrogen) atoms. The topological polar surface area (TPSA) is 101 Å². The molecule has 0 unspecified atom stereocenters. The third-order valence-electron chi connectivity index (χ3n) is 3.35. The monoisotopic (exact) mass is 356 g/mol. The Labute approximate surface area is 147 Å². The summed E-state index contributed by atoms with van der Waals surface area (Å²) in [7, 11) is 0. The molecule has 3 aromatic rings. The molecule has 3 rings (SSSR count). The van der Waals surface area contributed by atoms with E-state index in [1.165, 1.54) is 30.2 Å². The molecule has 2 N–H and O–H groups in total. The van der Waals surface area contributed by atoms with Crippen LogP contribution in [-0.4, -0.2) is 26.8 Å². The molecule has 0 aliphatic rings. The standard InChI is InChI=1S/C17H16N4O3S/c1-3-25-17-19-16(20-21-17)18-14(22)7-5-11-9-24-13-6-4-10(2)8-12(13)15(11)23/h4-9H,3H2,1-2H3,(H2,18,19,20,21,22)/b7-5+. The van der Waals surface area contributed by atoms with Crippen LogP contribution in [0.1, 0.15) is 18.1 Å². The van der Waals surface area contributed by atoms with Crippen LogP contribution in [0.25, 0.3) is 17.0 Å². The number of H-pyrrole nitrogens is 1. The van der Waals surface area contributed by atoms with Crippen LogP contribution in [0.15, 0.2) is 44.9 Å². The number of aromatic amines is 1. The van der Waals surface area contributed by atoms with Gasteiger partial charge in [-0.25, -0.2) is 5.10 Å². The van der Waals surface area contributed by atoms with E-state index in [1.54, 1.807) is 12.1 Å². The number of thioether (sulfide) groups is 1. The molecular formula is C17H16N4O3S. The molecule has 0 spiro atoms. The second-order valence-corrected chi connectivity index (χ2v) is 6.47. The number of hydrogen-bond acceptors (Lipinski definition) is 6. The second kappa shape index (κ2) is 7.35. The Morgan fingerprint density at radius 3 is 3.08 bits per heavy atom. The van der Waals surface area contributed by atoms with Crippen molar-refractivity contribution in [3.63, 3.8) is 0 Å². The number of rotatable bonds is 5. The largest absolute Gasteiger partial charge is 0.463 e. The van der Waals surface area contributed by atoms with Crippen molar-refractivity contribution in [2.45, 2.75) is 19.0 Å². The van der Waals surface area contributed by atoms with E-state index < -0.39 is 5.91 Å². The fraction of sp³-hybridized carbons (Fsp3) is 0.176. The van der Waals surface area contributed by atoms with E-state index in [-0.39, 0.29) is 11.4 Å². The number of benzene rings is 1. The average molecular weight is 356 g/mol. The highest BCUT2D eigenvalue weighted by atomic mass is 32.2. The van der Waals surface area contributed by atoms with Crippen LogP contribution in [-0.2, 0) is 4.79 Å². The van der Waals surface area contributed by atoms with Crippen molar-refractivity contribution < 1.29 is 9.21 Å². The highest BCUT2D eigenvalue weighted by Crippen LogP contribution is 2.14. The summed E-state index contributed by atoms with van der Waals surface area (Å²) in [5.74, 6) is 0.669. The van der Waals surface area contributed by atoms with Gasteiger partial charge in [-0.15, -0.1) is 5.10 Å². The number of nitrogens with one attached hydrogen (secondary N) is 2. The lowest BCUT2D eigenvalue weighted by Crippen LogP contribution is -2.10. The summed E-state index contributed by atoms with van der Waals surface area (Å²) in [5.41, 5.74) is 1.59. The molecule has 0 radical (unpaired) electrons. The van der Waals surface area contributed by atoms with Gasteiger partial charge in [0.2, 0.25) is 11.1 Å². The number of anilines is 1. The molecular weight excluding hydrogens is 340 g/mol. The van der Waals surface area contributed by atoms with Gasteiger partial charge >= 0.3 is 0 Å². The average Bonchev–Trinajstić information content (AvgIpc) is 3.02. The SMILES string of the molecule is CCSc1n[nH]c(NC(=O)/C=C/c2coc3ccc(C)cc3c2=O)n1. The fourth-order valence-electron chi connectivity index (χ4n) is 2.19. The van der Waals surface area contributed by atoms with Crippen LogP contribution in [0.2, 0.25) is 0 Å². The van der Waals surface area contributed by atoms with Gasteiger partial charge in [-0.1, -0.05) is 30.3 Å². The van der Waals surface area contributed by atoms with Crippen LogP contribution in [0.4, 0.5) is 5.95 Å². The quantitative estimate of drug-likeness (QED) is 0.538. The Morgan fingerprint density at radius 2 is 2.28 bits per heavy atom. The van der Waals surface area contributed by atoms with Crippen molar-refractivity contribution in [3.05, 3.63) is 51.9 Å². The van der Waals surface area contributed by atoms with Crippen molar-refractivity contribution in [1.82, 2.24) is 15.2 Å². The van der Waals surface area contributed by atoms with Crippen LogP contribution in [0, 0.1) is 6.92 Å². The van der Waals surface area contributed by atoms with E-state index in [0.29, 0.717) is 21.7 Å². The number of amides is 1. The van der Waals surface area contributed by atoms with Gasteiger partial charge in [0.25, 0.3) is 5.91 Å². The Balaban J connectivity index is 1.76. The maximum absolute atomic E-state index is 12.5. The van der Waals surface area contributed by atoms with Crippen molar-refractivity contribution in [3.8, 4) is 0 Å². The van der Waals surface area contributed by atoms with Crippen molar-refractivity contribution in [1.29, 1.82) is 0 Å². The zero-order chi connectivity index (χ0) is 17.8. The Hall–Kier alpha value is -2.87. The van der Waals surface area contributed by atoms with Gasteiger partial charge in [-0.05, 0) is 30.9 Å². The number of carbonyl (C=O) groups excluding carboxylic acids is 1. The third kappa shape index (κ3) is 3.97. The molecule has 0 aliphatic carbocycles. The third-order valence-corrected chi connectivity index (χ3v) is 4.08. The highest BCUT2D eigenvalue weighted by Gasteiger charge is 2.07. The minimum Gasteiger partial charge on any atom is -0.463 e. The molecule has 0 aliphatic heterocycles. The smallest absolute Gasteiger partial charge is 0.250 e. The summed E-state index contributed by atoms with van der Waals surface area (Å²) in [6.07, 6.45) is 4.01. The zero-order valence-electron chi connectivity index (χ0n) is 13.7. The Bertz CT molecular complexity index is 1010. The van der Waals surface area contributed by atoms with Gasteiger partial charge in [0.15, 0.2) is 5.43 Å². The fourth-order valence-corrected chi connectivity index (χ4v) is 2.72. The van der Waals surface area contributed by atoms with Crippen LogP contribution >= 0.6 is 11.8 Å². The summed E-state index contributed by atoms with van der Waals surface area (Å²) in [6, 6.07) is 5.39. The normalized spacial score (nSPS) is 11.3. The van der Waals surface area contributed by atoms with Gasteiger partial charge in [0, 0.05) is 6.08 Å². The summed E-state index contributed by atoms with van der Waals surface area (Å²) < 4.78 is 5.45. The Morgan fingerprint density at radius 1 is 1.44 bits per heavy atom. The van der Waals surface area contributed by atoms with E-state index in [1.807, 2.05) is 19.9 Å². The summed E-state index contributed by atoms with van der Waals surface area (Å²) in [4.78, 5) is 28.5. The number of carbonyl (C=O) groups is 1. The predicted octanol–water partition coefficient (Wildman–Crippen LogP) is 2.98. The molecule has 2 heterocycles. The maximum atomic E-state index is 12.5. The highest BCUT2D eigenvalue weighted by molar-refractivity contribution is 7.99. The number of nitrogens with zero attached hydrogens (tertiary/aromatic N) is 2. The van der Waals surface area contributed by atoms with Crippen molar-refractivity contribution >= 4 is 40.7 Å². The van der Waals surface area contributed by atoms with Crippen molar-refractivity contribution in [2.24, 2.45) is 0 Å². The first-order chi connectivity index (χ1) is 12.1. The molecule has 0 atom stereocenters. The lowest BCUT2D eigenvalue weighted by molar-refractivity contribution is -0.111. The van der Waals surface area contributed by atoms with E-state index in [2.05, 4.69) is 20.5 Å². The molecule has 0 fully saturated rings. The predicted molar refractivity (Wildman–Crippen MR) is 97.7 cm³/mol. The van der Waals surface area contributed by atoms with Gasteiger partial charge in [0.05, 0.1) is 10.9 Å². The molecule has 0 saturated heterocycles. The zero-order valence-corrected chi connectivity index (χ0v) is 14.5. The molecule has 7 nitrogen and oxygen atoms in total.